The van der Waals surface area contributed by atoms with Crippen LogP contribution in [0.4, 0.5) is 16.2 Å². The number of para-hydroxylation sites is 1. The van der Waals surface area contributed by atoms with Crippen LogP contribution in [-0.4, -0.2) is 18.2 Å². The number of thioether (sulfide) groups is 1. The molecular formula is C17H19N3O2S. The average Bonchev–Trinajstić information content (AvgIpc) is 2.50. The molecule has 0 saturated heterocycles. The summed E-state index contributed by atoms with van der Waals surface area (Å²) in [6.45, 7) is 1.93. The molecule has 0 bridgehead atoms. The smallest absolute Gasteiger partial charge is 0.323 e. The lowest BCUT2D eigenvalue weighted by Crippen LogP contribution is -2.20. The molecule has 0 aliphatic heterocycles. The summed E-state index contributed by atoms with van der Waals surface area (Å²) >= 11 is 1.49. The third kappa shape index (κ3) is 4.75. The van der Waals surface area contributed by atoms with Gasteiger partial charge in [0.2, 0.25) is 5.91 Å². The molecule has 0 fully saturated rings. The molecule has 0 atom stereocenters. The Kier molecular flexibility index (Phi) is 5.65. The predicted molar refractivity (Wildman–Crippen MR) is 94.9 cm³/mol. The number of nitrogens with two attached hydrogens (primary N) is 1. The third-order valence-electron chi connectivity index (χ3n) is 3.29. The normalized spacial score (nSPS) is 10.2. The molecule has 23 heavy (non-hydrogen) atoms. The zero-order valence-corrected chi connectivity index (χ0v) is 13.9. The van der Waals surface area contributed by atoms with Crippen molar-refractivity contribution in [2.75, 3.05) is 16.9 Å². The lowest BCUT2D eigenvalue weighted by Gasteiger charge is -2.13. The van der Waals surface area contributed by atoms with Crippen LogP contribution in [0.15, 0.2) is 47.4 Å². The highest BCUT2D eigenvalue weighted by Crippen LogP contribution is 2.27. The Bertz CT molecular complexity index is 732. The van der Waals surface area contributed by atoms with Crippen molar-refractivity contribution < 1.29 is 9.59 Å². The van der Waals surface area contributed by atoms with Crippen molar-refractivity contribution in [1.82, 2.24) is 0 Å². The Morgan fingerprint density at radius 3 is 2.43 bits per heavy atom. The molecule has 5 nitrogen and oxygen atoms in total. The van der Waals surface area contributed by atoms with Crippen LogP contribution < -0.4 is 16.4 Å². The summed E-state index contributed by atoms with van der Waals surface area (Å²) in [5.74, 6) is -0.380. The van der Waals surface area contributed by atoms with E-state index in [0.29, 0.717) is 5.69 Å². The minimum Gasteiger partial charge on any atom is -0.369 e. The van der Waals surface area contributed by atoms with Gasteiger partial charge in [0, 0.05) is 10.6 Å². The molecule has 2 rings (SSSR count). The van der Waals surface area contributed by atoms with Gasteiger partial charge in [0.1, 0.15) is 0 Å². The molecule has 0 aromatic heterocycles. The van der Waals surface area contributed by atoms with Crippen LogP contribution in [0.2, 0.25) is 0 Å². The molecule has 3 amide bonds. The first-order valence-electron chi connectivity index (χ1n) is 7.08. The highest BCUT2D eigenvalue weighted by Gasteiger charge is 2.09. The number of anilines is 2. The number of rotatable bonds is 5. The maximum Gasteiger partial charge on any atom is 0.323 e. The van der Waals surface area contributed by atoms with Crippen molar-refractivity contribution in [2.45, 2.75) is 18.2 Å². The highest BCUT2D eigenvalue weighted by atomic mass is 32.2. The fourth-order valence-electron chi connectivity index (χ4n) is 2.14. The summed E-state index contributed by atoms with van der Waals surface area (Å²) in [6, 6.07) is 12.7. The zero-order chi connectivity index (χ0) is 16.8. The minimum atomic E-state index is -0.380. The lowest BCUT2D eigenvalue weighted by atomic mass is 10.1. The summed E-state index contributed by atoms with van der Waals surface area (Å²) in [5.41, 5.74) is 8.48. The molecule has 0 saturated carbocycles. The molecule has 4 N–H and O–H groups in total. The number of urea groups is 1. The van der Waals surface area contributed by atoms with Gasteiger partial charge in [0.25, 0.3) is 0 Å². The number of benzene rings is 2. The van der Waals surface area contributed by atoms with E-state index in [1.54, 1.807) is 12.1 Å². The number of primary amides is 1. The van der Waals surface area contributed by atoms with Gasteiger partial charge in [0.15, 0.2) is 0 Å². The number of carbonyl (C=O) groups excluding carboxylic acids is 2. The first-order chi connectivity index (χ1) is 11.0. The monoisotopic (exact) mass is 329 g/mol. The van der Waals surface area contributed by atoms with Gasteiger partial charge in [-0.25, -0.2) is 4.79 Å². The number of carbonyl (C=O) groups is 2. The molecule has 6 heteroatoms. The van der Waals surface area contributed by atoms with Crippen LogP contribution in [0.25, 0.3) is 0 Å². The van der Waals surface area contributed by atoms with Crippen LogP contribution >= 0.6 is 11.8 Å². The van der Waals surface area contributed by atoms with Crippen LogP contribution in [0.5, 0.6) is 0 Å². The Hall–Kier alpha value is -2.47. The SMILES string of the molecule is CSc1cc(CC(N)=O)ccc1NC(=O)Nc1ccccc1C. The second-order valence-electron chi connectivity index (χ2n) is 5.07. The van der Waals surface area contributed by atoms with Crippen molar-refractivity contribution >= 4 is 35.1 Å². The Morgan fingerprint density at radius 1 is 1.09 bits per heavy atom. The van der Waals surface area contributed by atoms with Crippen molar-refractivity contribution in [3.8, 4) is 0 Å². The van der Waals surface area contributed by atoms with Gasteiger partial charge in [0.05, 0.1) is 12.1 Å². The summed E-state index contributed by atoms with van der Waals surface area (Å²) < 4.78 is 0. The highest BCUT2D eigenvalue weighted by molar-refractivity contribution is 7.98. The van der Waals surface area contributed by atoms with E-state index < -0.39 is 0 Å². The maximum atomic E-state index is 12.2. The first-order valence-corrected chi connectivity index (χ1v) is 8.31. The van der Waals surface area contributed by atoms with Crippen LogP contribution in [0, 0.1) is 6.92 Å². The fourth-order valence-corrected chi connectivity index (χ4v) is 2.75. The van der Waals surface area contributed by atoms with E-state index in [2.05, 4.69) is 10.6 Å². The Labute approximate surface area is 139 Å². The second kappa shape index (κ2) is 7.69. The molecule has 2 aromatic carbocycles. The minimum absolute atomic E-state index is 0.184. The van der Waals surface area contributed by atoms with E-state index in [9.17, 15) is 9.59 Å². The number of aryl methyl sites for hydroxylation is 1. The summed E-state index contributed by atoms with van der Waals surface area (Å²) in [7, 11) is 0. The van der Waals surface area contributed by atoms with Gasteiger partial charge in [-0.2, -0.15) is 0 Å². The topological polar surface area (TPSA) is 84.2 Å². The number of hydrogen-bond donors (Lipinski definition) is 3. The standard InChI is InChI=1S/C17H19N3O2S/c1-11-5-3-4-6-13(11)19-17(22)20-14-8-7-12(10-16(18)21)9-15(14)23-2/h3-9H,10H2,1-2H3,(H2,18,21)(H2,19,20,22). The molecule has 0 unspecified atom stereocenters. The van der Waals surface area contributed by atoms with Crippen molar-refractivity contribution in [3.05, 3.63) is 53.6 Å². The number of amides is 3. The quantitative estimate of drug-likeness (QED) is 0.735. The first kappa shape index (κ1) is 16.9. The molecule has 0 spiro atoms. The number of nitrogens with one attached hydrogen (secondary N) is 2. The Morgan fingerprint density at radius 2 is 1.78 bits per heavy atom. The summed E-state index contributed by atoms with van der Waals surface area (Å²) in [6.07, 6.45) is 2.09. The van der Waals surface area contributed by atoms with Crippen LogP contribution in [0.1, 0.15) is 11.1 Å². The van der Waals surface area contributed by atoms with Gasteiger partial charge in [-0.3, -0.25) is 4.79 Å². The van der Waals surface area contributed by atoms with E-state index in [4.69, 9.17) is 5.73 Å². The van der Waals surface area contributed by atoms with E-state index in [0.717, 1.165) is 21.7 Å². The van der Waals surface area contributed by atoms with Gasteiger partial charge < -0.3 is 16.4 Å². The molecule has 0 aliphatic carbocycles. The van der Waals surface area contributed by atoms with Crippen molar-refractivity contribution in [1.29, 1.82) is 0 Å². The van der Waals surface area contributed by atoms with Crippen LogP contribution in [-0.2, 0) is 11.2 Å². The number of hydrogen-bond acceptors (Lipinski definition) is 3. The Balaban J connectivity index is 2.11. The second-order valence-corrected chi connectivity index (χ2v) is 5.92. The average molecular weight is 329 g/mol. The third-order valence-corrected chi connectivity index (χ3v) is 4.06. The van der Waals surface area contributed by atoms with Gasteiger partial charge >= 0.3 is 6.03 Å². The molecule has 120 valence electrons. The zero-order valence-electron chi connectivity index (χ0n) is 13.1. The van der Waals surface area contributed by atoms with Gasteiger partial charge in [-0.05, 0) is 42.5 Å². The predicted octanol–water partition coefficient (Wildman–Crippen LogP) is 3.39. The molecule has 2 aromatic rings. The van der Waals surface area contributed by atoms with E-state index >= 15 is 0 Å². The van der Waals surface area contributed by atoms with E-state index in [1.807, 2.05) is 43.5 Å². The molecular weight excluding hydrogens is 310 g/mol. The molecule has 0 heterocycles. The van der Waals surface area contributed by atoms with E-state index in [-0.39, 0.29) is 18.4 Å². The summed E-state index contributed by atoms with van der Waals surface area (Å²) in [4.78, 5) is 24.0. The van der Waals surface area contributed by atoms with E-state index in [1.165, 1.54) is 11.8 Å². The van der Waals surface area contributed by atoms with Crippen LogP contribution in [0.3, 0.4) is 0 Å². The maximum absolute atomic E-state index is 12.2. The largest absolute Gasteiger partial charge is 0.369 e. The lowest BCUT2D eigenvalue weighted by molar-refractivity contribution is -0.117. The van der Waals surface area contributed by atoms with Crippen molar-refractivity contribution in [2.24, 2.45) is 5.73 Å². The molecule has 0 aliphatic rings. The molecule has 0 radical (unpaired) electrons. The fraction of sp³-hybridized carbons (Fsp3) is 0.176. The summed E-state index contributed by atoms with van der Waals surface area (Å²) in [5, 5.41) is 5.65. The van der Waals surface area contributed by atoms with Crippen molar-refractivity contribution in [3.63, 3.8) is 0 Å². The van der Waals surface area contributed by atoms with Gasteiger partial charge in [-0.15, -0.1) is 11.8 Å². The van der Waals surface area contributed by atoms with Gasteiger partial charge in [-0.1, -0.05) is 24.3 Å².